The predicted molar refractivity (Wildman–Crippen MR) is 58.8 cm³/mol. The lowest BCUT2D eigenvalue weighted by Crippen LogP contribution is -2.51. The Morgan fingerprint density at radius 3 is 2.11 bits per heavy atom. The number of aliphatic carboxylic acids is 2. The van der Waals surface area contributed by atoms with Crippen molar-refractivity contribution in [1.29, 1.82) is 0 Å². The molecule has 0 saturated heterocycles. The smallest absolute Gasteiger partial charge is 0.312 e. The molecule has 3 N–H and O–H groups in total. The average Bonchev–Trinajstić information content (AvgIpc) is 3.10. The molecule has 8 heteroatoms. The van der Waals surface area contributed by atoms with E-state index >= 15 is 0 Å². The van der Waals surface area contributed by atoms with E-state index in [4.69, 9.17) is 10.2 Å². The molecule has 8 nitrogen and oxygen atoms in total. The molecule has 0 fully saturated rings. The zero-order chi connectivity index (χ0) is 13.9. The molecule has 3 unspecified atom stereocenters. The maximum Gasteiger partial charge on any atom is 0.312 e. The van der Waals surface area contributed by atoms with E-state index in [0.717, 1.165) is 0 Å². The molecule has 18 heavy (non-hydrogen) atoms. The van der Waals surface area contributed by atoms with Gasteiger partial charge in [0.05, 0.1) is 12.0 Å². The fraction of sp³-hybridized carbons (Fsp3) is 0.700. The Morgan fingerprint density at radius 1 is 1.22 bits per heavy atom. The van der Waals surface area contributed by atoms with Crippen molar-refractivity contribution in [2.45, 2.75) is 32.5 Å². The molecule has 100 valence electrons. The van der Waals surface area contributed by atoms with E-state index in [0.29, 0.717) is 0 Å². The minimum Gasteiger partial charge on any atom is -0.481 e. The summed E-state index contributed by atoms with van der Waals surface area (Å²) in [5, 5.41) is 27.5. The summed E-state index contributed by atoms with van der Waals surface area (Å²) in [6.07, 6.45) is -0.625. The second kappa shape index (κ2) is 5.56. The summed E-state index contributed by atoms with van der Waals surface area (Å²) in [5.41, 5.74) is 0. The second-order valence-corrected chi connectivity index (χ2v) is 4.08. The van der Waals surface area contributed by atoms with Crippen LogP contribution in [0.25, 0.3) is 0 Å². The van der Waals surface area contributed by atoms with Crippen molar-refractivity contribution < 1.29 is 24.6 Å². The van der Waals surface area contributed by atoms with E-state index in [1.807, 2.05) is 0 Å². The van der Waals surface area contributed by atoms with Gasteiger partial charge < -0.3 is 15.5 Å². The summed E-state index contributed by atoms with van der Waals surface area (Å²) >= 11 is 0. The fourth-order valence-corrected chi connectivity index (χ4v) is 1.62. The number of carboxylic acid groups (broad SMARTS) is 2. The number of nitrogens with zero attached hydrogens (tertiary/aromatic N) is 2. The first-order chi connectivity index (χ1) is 8.38. The lowest BCUT2D eigenvalue weighted by Gasteiger charge is -2.26. The first-order valence-electron chi connectivity index (χ1n) is 5.53. The zero-order valence-corrected chi connectivity index (χ0v) is 10.0. The summed E-state index contributed by atoms with van der Waals surface area (Å²) in [6, 6.07) is -1.03. The molecule has 0 bridgehead atoms. The van der Waals surface area contributed by atoms with Gasteiger partial charge in [-0.25, -0.2) is 0 Å². The predicted octanol–water partition coefficient (Wildman–Crippen LogP) is 0.0946. The topological polar surface area (TPSA) is 128 Å². The van der Waals surface area contributed by atoms with Crippen molar-refractivity contribution in [2.24, 2.45) is 22.1 Å². The van der Waals surface area contributed by atoms with Gasteiger partial charge in [-0.05, 0) is 6.92 Å². The van der Waals surface area contributed by atoms with Gasteiger partial charge in [0.1, 0.15) is 5.92 Å². The lowest BCUT2D eigenvalue weighted by molar-refractivity contribution is -0.147. The number of nitrogens with one attached hydrogen (secondary N) is 1. The van der Waals surface area contributed by atoms with Gasteiger partial charge in [-0.3, -0.25) is 14.4 Å². The molecule has 0 radical (unpaired) electrons. The zero-order valence-electron chi connectivity index (χ0n) is 10.0. The van der Waals surface area contributed by atoms with E-state index in [-0.39, 0.29) is 6.42 Å². The minimum absolute atomic E-state index is 0.147. The Labute approximate surface area is 103 Å². The number of hydrogen-bond acceptors (Lipinski definition) is 5. The van der Waals surface area contributed by atoms with Crippen LogP contribution in [0.4, 0.5) is 0 Å². The normalized spacial score (nSPS) is 18.8. The third-order valence-electron chi connectivity index (χ3n) is 2.82. The maximum absolute atomic E-state index is 11.4. The Hall–Kier alpha value is -1.99. The summed E-state index contributed by atoms with van der Waals surface area (Å²) < 4.78 is 0. The van der Waals surface area contributed by atoms with Crippen LogP contribution in [0, 0.1) is 11.8 Å². The third-order valence-corrected chi connectivity index (χ3v) is 2.82. The van der Waals surface area contributed by atoms with Crippen LogP contribution in [-0.4, -0.2) is 40.3 Å². The van der Waals surface area contributed by atoms with Gasteiger partial charge in [0, 0.05) is 6.42 Å². The molecule has 1 aliphatic rings. The minimum atomic E-state index is -1.22. The molecule has 0 aromatic heterocycles. The largest absolute Gasteiger partial charge is 0.481 e. The van der Waals surface area contributed by atoms with Gasteiger partial charge >= 0.3 is 11.9 Å². The van der Waals surface area contributed by atoms with Gasteiger partial charge in [0.2, 0.25) is 5.91 Å². The summed E-state index contributed by atoms with van der Waals surface area (Å²) in [4.78, 5) is 33.5. The number of amides is 1. The highest BCUT2D eigenvalue weighted by molar-refractivity contribution is 5.81. The molecular weight excluding hydrogens is 242 g/mol. The van der Waals surface area contributed by atoms with Crippen LogP contribution in [0.1, 0.15) is 20.3 Å². The fourth-order valence-electron chi connectivity index (χ4n) is 1.62. The molecular formula is C10H15N3O5. The second-order valence-electron chi connectivity index (χ2n) is 4.08. The lowest BCUT2D eigenvalue weighted by atomic mass is 9.87. The van der Waals surface area contributed by atoms with E-state index in [9.17, 15) is 14.4 Å². The van der Waals surface area contributed by atoms with Crippen LogP contribution in [0.5, 0.6) is 0 Å². The first kappa shape index (κ1) is 14.1. The Balaban J connectivity index is 2.89. The first-order valence-corrected chi connectivity index (χ1v) is 5.53. The van der Waals surface area contributed by atoms with Crippen LogP contribution >= 0.6 is 0 Å². The molecule has 1 amide bonds. The maximum atomic E-state index is 11.4. The highest BCUT2D eigenvalue weighted by Crippen LogP contribution is 2.28. The van der Waals surface area contributed by atoms with Crippen LogP contribution in [0.15, 0.2) is 10.2 Å². The SMILES string of the molecule is CCC(=O)NC(C(C)C(=O)O)C(C(=O)O)C1N=N1. The standard InChI is InChI=1S/C10H15N3O5/c1-3-5(14)11-7(4(2)9(15)16)6(10(17)18)8-12-13-8/h4,6-8H,3H2,1-2H3,(H,11,14)(H,15,16)(H,17,18). The van der Waals surface area contributed by atoms with Crippen LogP contribution in [0.2, 0.25) is 0 Å². The van der Waals surface area contributed by atoms with Crippen molar-refractivity contribution in [2.75, 3.05) is 0 Å². The Morgan fingerprint density at radius 2 is 1.78 bits per heavy atom. The average molecular weight is 257 g/mol. The van der Waals surface area contributed by atoms with Crippen molar-refractivity contribution in [3.63, 3.8) is 0 Å². The van der Waals surface area contributed by atoms with Crippen LogP contribution < -0.4 is 5.32 Å². The quantitative estimate of drug-likeness (QED) is 0.595. The number of carbonyl (C=O) groups excluding carboxylic acids is 1. The summed E-state index contributed by atoms with van der Waals surface area (Å²) in [5.74, 6) is -4.98. The molecule has 0 aliphatic carbocycles. The molecule has 1 rings (SSSR count). The Kier molecular flexibility index (Phi) is 4.35. The van der Waals surface area contributed by atoms with E-state index in [1.54, 1.807) is 6.92 Å². The molecule has 0 saturated carbocycles. The van der Waals surface area contributed by atoms with Crippen LogP contribution in [-0.2, 0) is 14.4 Å². The highest BCUT2D eigenvalue weighted by atomic mass is 16.4. The highest BCUT2D eigenvalue weighted by Gasteiger charge is 2.45. The monoisotopic (exact) mass is 257 g/mol. The molecule has 0 spiro atoms. The van der Waals surface area contributed by atoms with E-state index in [2.05, 4.69) is 15.5 Å². The molecule has 1 heterocycles. The number of carboxylic acids is 2. The molecule has 0 aromatic carbocycles. The summed E-state index contributed by atoms with van der Waals surface area (Å²) in [6.45, 7) is 2.95. The van der Waals surface area contributed by atoms with Gasteiger partial charge in [-0.2, -0.15) is 10.2 Å². The summed E-state index contributed by atoms with van der Waals surface area (Å²) in [7, 11) is 0. The Bertz CT molecular complexity index is 389. The van der Waals surface area contributed by atoms with E-state index < -0.39 is 41.9 Å². The number of hydrogen-bond donors (Lipinski definition) is 3. The van der Waals surface area contributed by atoms with Crippen molar-refractivity contribution in [3.8, 4) is 0 Å². The van der Waals surface area contributed by atoms with E-state index in [1.165, 1.54) is 6.92 Å². The molecule has 1 aliphatic heterocycles. The number of rotatable bonds is 7. The van der Waals surface area contributed by atoms with Crippen molar-refractivity contribution >= 4 is 17.8 Å². The molecule has 0 aromatic rings. The van der Waals surface area contributed by atoms with Gasteiger partial charge in [0.25, 0.3) is 0 Å². The van der Waals surface area contributed by atoms with Gasteiger partial charge in [0.15, 0.2) is 6.17 Å². The van der Waals surface area contributed by atoms with Crippen molar-refractivity contribution in [3.05, 3.63) is 0 Å². The van der Waals surface area contributed by atoms with Crippen LogP contribution in [0.3, 0.4) is 0 Å². The van der Waals surface area contributed by atoms with Gasteiger partial charge in [-0.1, -0.05) is 6.92 Å². The van der Waals surface area contributed by atoms with Gasteiger partial charge in [-0.15, -0.1) is 0 Å². The third kappa shape index (κ3) is 3.25. The molecule has 3 atom stereocenters. The van der Waals surface area contributed by atoms with Crippen molar-refractivity contribution in [1.82, 2.24) is 5.32 Å². The number of carbonyl (C=O) groups is 3.